The molecule has 19 heavy (non-hydrogen) atoms. The first-order chi connectivity index (χ1) is 9.07. The lowest BCUT2D eigenvalue weighted by Crippen LogP contribution is -2.54. The Kier molecular flexibility index (Phi) is 3.71. The number of nitrogens with two attached hydrogens (primary N) is 1. The van der Waals surface area contributed by atoms with Crippen molar-refractivity contribution in [2.24, 2.45) is 11.7 Å². The van der Waals surface area contributed by atoms with Gasteiger partial charge in [0.05, 0.1) is 0 Å². The van der Waals surface area contributed by atoms with Crippen LogP contribution in [-0.4, -0.2) is 23.5 Å². The highest BCUT2D eigenvalue weighted by Crippen LogP contribution is 2.36. The van der Waals surface area contributed by atoms with Crippen molar-refractivity contribution in [1.29, 1.82) is 0 Å². The number of fused-ring (bicyclic) bond motifs is 1. The zero-order valence-corrected chi connectivity index (χ0v) is 13.0. The summed E-state index contributed by atoms with van der Waals surface area (Å²) in [6, 6.07) is 2.86. The summed E-state index contributed by atoms with van der Waals surface area (Å²) in [5, 5.41) is 2.24. The van der Waals surface area contributed by atoms with E-state index in [1.807, 2.05) is 11.3 Å². The smallest absolute Gasteiger partial charge is 0.0331 e. The average Bonchev–Trinajstić information content (AvgIpc) is 2.81. The molecule has 2 heterocycles. The molecule has 2 nitrogen and oxygen atoms in total. The summed E-state index contributed by atoms with van der Waals surface area (Å²) in [5.41, 5.74) is 8.30. The molecule has 2 aliphatic rings. The Bertz CT molecular complexity index is 442. The topological polar surface area (TPSA) is 29.3 Å². The van der Waals surface area contributed by atoms with Crippen molar-refractivity contribution in [1.82, 2.24) is 4.90 Å². The number of rotatable bonds is 2. The monoisotopic (exact) mass is 278 g/mol. The third-order valence-corrected chi connectivity index (χ3v) is 6.04. The second-order valence-corrected chi connectivity index (χ2v) is 7.76. The molecular weight excluding hydrogens is 252 g/mol. The molecule has 0 bridgehead atoms. The maximum atomic E-state index is 6.70. The van der Waals surface area contributed by atoms with Crippen LogP contribution >= 0.6 is 11.3 Å². The minimum atomic E-state index is 0.0550. The summed E-state index contributed by atoms with van der Waals surface area (Å²) in [4.78, 5) is 4.21. The molecule has 1 aromatic rings. The molecule has 1 aliphatic heterocycles. The molecule has 1 saturated carbocycles. The van der Waals surface area contributed by atoms with Crippen molar-refractivity contribution in [3.63, 3.8) is 0 Å². The van der Waals surface area contributed by atoms with E-state index in [0.717, 1.165) is 12.5 Å². The normalized spacial score (nSPS) is 36.2. The van der Waals surface area contributed by atoms with Crippen molar-refractivity contribution < 1.29 is 0 Å². The minimum absolute atomic E-state index is 0.0550. The van der Waals surface area contributed by atoms with E-state index in [-0.39, 0.29) is 5.54 Å². The largest absolute Gasteiger partial charge is 0.324 e. The first kappa shape index (κ1) is 13.6. The van der Waals surface area contributed by atoms with Gasteiger partial charge in [-0.25, -0.2) is 0 Å². The van der Waals surface area contributed by atoms with Crippen molar-refractivity contribution >= 4 is 11.3 Å². The molecular formula is C16H26N2S. The van der Waals surface area contributed by atoms with Gasteiger partial charge in [-0.1, -0.05) is 19.8 Å². The fraction of sp³-hybridized carbons (Fsp3) is 0.750. The number of hydrogen-bond donors (Lipinski definition) is 1. The summed E-state index contributed by atoms with van der Waals surface area (Å²) in [7, 11) is 0. The fourth-order valence-electron chi connectivity index (χ4n) is 4.03. The third-order valence-electron chi connectivity index (χ3n) is 5.05. The van der Waals surface area contributed by atoms with Crippen molar-refractivity contribution in [2.45, 2.75) is 57.5 Å². The second kappa shape index (κ2) is 5.19. The standard InChI is InChI=1S/C16H26N2S/c1-12-4-3-7-16(17,10-12)11-18-8-5-15-14(13(18)2)6-9-19-15/h6,9,12-13H,3-5,7-8,10-11,17H2,1-2H3. The molecule has 3 rings (SSSR count). The predicted octanol–water partition coefficient (Wildman–Crippen LogP) is 3.57. The highest BCUT2D eigenvalue weighted by molar-refractivity contribution is 7.10. The lowest BCUT2D eigenvalue weighted by molar-refractivity contribution is 0.116. The third kappa shape index (κ3) is 2.74. The molecule has 1 fully saturated rings. The molecule has 0 radical (unpaired) electrons. The summed E-state index contributed by atoms with van der Waals surface area (Å²) < 4.78 is 0. The molecule has 0 amide bonds. The molecule has 3 heteroatoms. The van der Waals surface area contributed by atoms with Gasteiger partial charge in [0.25, 0.3) is 0 Å². The van der Waals surface area contributed by atoms with Crippen LogP contribution in [0.2, 0.25) is 0 Å². The lowest BCUT2D eigenvalue weighted by atomic mass is 9.76. The van der Waals surface area contributed by atoms with Gasteiger partial charge < -0.3 is 5.73 Å². The van der Waals surface area contributed by atoms with Gasteiger partial charge in [-0.15, -0.1) is 11.3 Å². The van der Waals surface area contributed by atoms with Crippen LogP contribution in [0.3, 0.4) is 0 Å². The molecule has 0 saturated heterocycles. The highest BCUT2D eigenvalue weighted by atomic mass is 32.1. The number of thiophene rings is 1. The first-order valence-electron chi connectivity index (χ1n) is 7.67. The summed E-state index contributed by atoms with van der Waals surface area (Å²) in [6.07, 6.45) is 6.29. The Morgan fingerprint density at radius 2 is 2.32 bits per heavy atom. The van der Waals surface area contributed by atoms with Gasteiger partial charge >= 0.3 is 0 Å². The van der Waals surface area contributed by atoms with Gasteiger partial charge in [0.15, 0.2) is 0 Å². The number of nitrogens with zero attached hydrogens (tertiary/aromatic N) is 1. The Labute approximate surface area is 121 Å². The molecule has 3 atom stereocenters. The second-order valence-electron chi connectivity index (χ2n) is 6.76. The van der Waals surface area contributed by atoms with Crippen LogP contribution < -0.4 is 5.73 Å². The van der Waals surface area contributed by atoms with Crippen molar-refractivity contribution in [3.05, 3.63) is 21.9 Å². The van der Waals surface area contributed by atoms with Gasteiger partial charge in [-0.05, 0) is 49.1 Å². The van der Waals surface area contributed by atoms with Crippen LogP contribution in [0.5, 0.6) is 0 Å². The Hall–Kier alpha value is -0.380. The Balaban J connectivity index is 1.70. The quantitative estimate of drug-likeness (QED) is 0.896. The number of hydrogen-bond acceptors (Lipinski definition) is 3. The van der Waals surface area contributed by atoms with Crippen molar-refractivity contribution in [3.8, 4) is 0 Å². The van der Waals surface area contributed by atoms with Crippen LogP contribution in [0.25, 0.3) is 0 Å². The molecule has 106 valence electrons. The summed E-state index contributed by atoms with van der Waals surface area (Å²) >= 11 is 1.92. The molecule has 1 aliphatic carbocycles. The molecule has 2 N–H and O–H groups in total. The van der Waals surface area contributed by atoms with E-state index in [4.69, 9.17) is 5.73 Å². The van der Waals surface area contributed by atoms with Gasteiger partial charge in [-0.2, -0.15) is 0 Å². The Morgan fingerprint density at radius 1 is 1.47 bits per heavy atom. The molecule has 0 aromatic carbocycles. The van der Waals surface area contributed by atoms with Gasteiger partial charge in [-0.3, -0.25) is 4.90 Å². The van der Waals surface area contributed by atoms with Crippen molar-refractivity contribution in [2.75, 3.05) is 13.1 Å². The molecule has 0 spiro atoms. The van der Waals surface area contributed by atoms with Crippen LogP contribution in [0, 0.1) is 5.92 Å². The highest BCUT2D eigenvalue weighted by Gasteiger charge is 2.35. The SMILES string of the molecule is CC1CCCC(N)(CN2CCc3sccc3C2C)C1. The molecule has 3 unspecified atom stereocenters. The lowest BCUT2D eigenvalue weighted by Gasteiger charge is -2.43. The van der Waals surface area contributed by atoms with E-state index in [1.165, 1.54) is 38.6 Å². The van der Waals surface area contributed by atoms with Crippen LogP contribution in [0.4, 0.5) is 0 Å². The van der Waals surface area contributed by atoms with Gasteiger partial charge in [0, 0.05) is 29.5 Å². The fourth-order valence-corrected chi connectivity index (χ4v) is 4.99. The minimum Gasteiger partial charge on any atom is -0.324 e. The predicted molar refractivity (Wildman–Crippen MR) is 82.6 cm³/mol. The zero-order chi connectivity index (χ0) is 13.5. The van der Waals surface area contributed by atoms with Gasteiger partial charge in [0.2, 0.25) is 0 Å². The van der Waals surface area contributed by atoms with E-state index in [0.29, 0.717) is 6.04 Å². The first-order valence-corrected chi connectivity index (χ1v) is 8.54. The summed E-state index contributed by atoms with van der Waals surface area (Å²) in [6.45, 7) is 6.97. The van der Waals surface area contributed by atoms with Crippen LogP contribution in [0.1, 0.15) is 56.0 Å². The zero-order valence-electron chi connectivity index (χ0n) is 12.2. The van der Waals surface area contributed by atoms with E-state index in [1.54, 1.807) is 10.4 Å². The van der Waals surface area contributed by atoms with E-state index < -0.39 is 0 Å². The van der Waals surface area contributed by atoms with E-state index in [2.05, 4.69) is 30.2 Å². The maximum Gasteiger partial charge on any atom is 0.0331 e. The van der Waals surface area contributed by atoms with E-state index in [9.17, 15) is 0 Å². The Morgan fingerprint density at radius 3 is 3.11 bits per heavy atom. The van der Waals surface area contributed by atoms with Crippen LogP contribution in [-0.2, 0) is 6.42 Å². The maximum absolute atomic E-state index is 6.70. The average molecular weight is 278 g/mol. The van der Waals surface area contributed by atoms with Gasteiger partial charge in [0.1, 0.15) is 0 Å². The molecule has 1 aromatic heterocycles. The van der Waals surface area contributed by atoms with E-state index >= 15 is 0 Å². The van der Waals surface area contributed by atoms with Crippen LogP contribution in [0.15, 0.2) is 11.4 Å². The summed E-state index contributed by atoms with van der Waals surface area (Å²) in [5.74, 6) is 0.801.